The zero-order chi connectivity index (χ0) is 23.2. The molecule has 0 aliphatic heterocycles. The molecule has 0 saturated carbocycles. The molecule has 0 bridgehead atoms. The molecule has 3 N–H and O–H groups in total. The minimum absolute atomic E-state index is 0.0800. The van der Waals surface area contributed by atoms with Crippen LogP contribution in [0.5, 0.6) is 0 Å². The number of benzene rings is 2. The minimum Gasteiger partial charge on any atom is -0.396 e. The van der Waals surface area contributed by atoms with Crippen LogP contribution in [-0.2, 0) is 6.42 Å². The Morgan fingerprint density at radius 2 is 1.88 bits per heavy atom. The fourth-order valence-electron chi connectivity index (χ4n) is 3.62. The molecular weight excluding hydrogens is 426 g/mol. The predicted octanol–water partition coefficient (Wildman–Crippen LogP) is 4.14. The summed E-state index contributed by atoms with van der Waals surface area (Å²) in [6.45, 7) is -0.116. The number of H-pyrrole nitrogens is 1. The first-order valence-corrected chi connectivity index (χ1v) is 10.5. The van der Waals surface area contributed by atoms with Crippen LogP contribution in [0.3, 0.4) is 0 Å². The molecule has 0 aliphatic carbocycles. The monoisotopic (exact) mass is 448 g/mol. The first-order valence-electron chi connectivity index (χ1n) is 10.5. The van der Waals surface area contributed by atoms with Gasteiger partial charge in [-0.3, -0.25) is 14.9 Å². The van der Waals surface area contributed by atoms with Crippen LogP contribution >= 0.6 is 0 Å². The molecule has 1 unspecified atom stereocenters. The van der Waals surface area contributed by atoms with Crippen LogP contribution in [0, 0.1) is 11.6 Å². The molecule has 6 nitrogen and oxygen atoms in total. The fourth-order valence-corrected chi connectivity index (χ4v) is 3.62. The number of rotatable bonds is 8. The van der Waals surface area contributed by atoms with Crippen molar-refractivity contribution < 1.29 is 18.7 Å². The lowest BCUT2D eigenvalue weighted by Crippen LogP contribution is -2.37. The summed E-state index contributed by atoms with van der Waals surface area (Å²) in [5.74, 6) is -1.43. The molecule has 168 valence electrons. The Hall–Kier alpha value is -3.91. The number of aromatic nitrogens is 3. The number of aromatic amines is 1. The van der Waals surface area contributed by atoms with Crippen LogP contribution < -0.4 is 5.32 Å². The third kappa shape index (κ3) is 5.30. The van der Waals surface area contributed by atoms with Crippen molar-refractivity contribution in [2.24, 2.45) is 0 Å². The van der Waals surface area contributed by atoms with Crippen LogP contribution in [0.1, 0.15) is 22.5 Å². The normalized spacial score (nSPS) is 11.8. The molecule has 0 saturated heterocycles. The number of carbonyl (C=O) groups is 1. The SMILES string of the molecule is O=C(NC(CCO)Cc1ccccn1)c1cccc(F)c1-c1cc(-c2ccc(F)cc2)n[nH]1. The van der Waals surface area contributed by atoms with Crippen molar-refractivity contribution in [1.29, 1.82) is 0 Å². The van der Waals surface area contributed by atoms with Crippen molar-refractivity contribution in [3.8, 4) is 22.5 Å². The Bertz CT molecular complexity index is 1230. The molecule has 0 aliphatic rings. The largest absolute Gasteiger partial charge is 0.396 e. The standard InChI is InChI=1S/C25H22F2N4O2/c26-17-9-7-16(8-10-17)22-15-23(31-30-22)24-20(5-3-6-21(24)27)25(33)29-19(11-13-32)14-18-4-1-2-12-28-18/h1-10,12,15,19,32H,11,13-14H2,(H,29,33)(H,30,31). The Balaban J connectivity index is 1.61. The number of hydrogen-bond acceptors (Lipinski definition) is 4. The van der Waals surface area contributed by atoms with E-state index in [1.807, 2.05) is 12.1 Å². The highest BCUT2D eigenvalue weighted by Gasteiger charge is 2.21. The zero-order valence-corrected chi connectivity index (χ0v) is 17.6. The maximum Gasteiger partial charge on any atom is 0.252 e. The van der Waals surface area contributed by atoms with Gasteiger partial charge in [0.05, 0.1) is 17.0 Å². The quantitative estimate of drug-likeness (QED) is 0.378. The number of amides is 1. The maximum absolute atomic E-state index is 14.9. The highest BCUT2D eigenvalue weighted by atomic mass is 19.1. The van der Waals surface area contributed by atoms with Gasteiger partial charge in [-0.15, -0.1) is 0 Å². The molecule has 0 fully saturated rings. The number of pyridine rings is 1. The minimum atomic E-state index is -0.583. The maximum atomic E-state index is 14.9. The molecule has 8 heteroatoms. The van der Waals surface area contributed by atoms with Gasteiger partial charge in [-0.2, -0.15) is 5.10 Å². The number of halogens is 2. The molecule has 2 aromatic carbocycles. The summed E-state index contributed by atoms with van der Waals surface area (Å²) in [6.07, 6.45) is 2.41. The lowest BCUT2D eigenvalue weighted by atomic mass is 10.0. The average molecular weight is 448 g/mol. The van der Waals surface area contributed by atoms with Crippen molar-refractivity contribution in [3.63, 3.8) is 0 Å². The Labute approximate surface area is 189 Å². The summed E-state index contributed by atoms with van der Waals surface area (Å²) in [6, 6.07) is 16.7. The van der Waals surface area contributed by atoms with E-state index in [0.29, 0.717) is 29.8 Å². The van der Waals surface area contributed by atoms with Crippen molar-refractivity contribution in [2.75, 3.05) is 6.61 Å². The number of aliphatic hydroxyl groups is 1. The van der Waals surface area contributed by atoms with Gasteiger partial charge in [0.1, 0.15) is 11.6 Å². The van der Waals surface area contributed by atoms with Crippen molar-refractivity contribution >= 4 is 5.91 Å². The third-order valence-electron chi connectivity index (χ3n) is 5.24. The van der Waals surface area contributed by atoms with E-state index in [4.69, 9.17) is 0 Å². The summed E-state index contributed by atoms with van der Waals surface area (Å²) in [5.41, 5.74) is 2.45. The van der Waals surface area contributed by atoms with E-state index in [-0.39, 0.29) is 29.6 Å². The van der Waals surface area contributed by atoms with Gasteiger partial charge in [0.15, 0.2) is 0 Å². The van der Waals surface area contributed by atoms with Gasteiger partial charge in [-0.05, 0) is 61.0 Å². The second-order valence-electron chi connectivity index (χ2n) is 7.54. The number of nitrogens with one attached hydrogen (secondary N) is 2. The molecular formula is C25H22F2N4O2. The van der Waals surface area contributed by atoms with Crippen molar-refractivity contribution in [3.05, 3.63) is 95.8 Å². The van der Waals surface area contributed by atoms with Gasteiger partial charge in [0.2, 0.25) is 0 Å². The summed E-state index contributed by atoms with van der Waals surface area (Å²) in [7, 11) is 0. The number of carbonyl (C=O) groups excluding carboxylic acids is 1. The van der Waals surface area contributed by atoms with E-state index >= 15 is 0 Å². The highest BCUT2D eigenvalue weighted by molar-refractivity contribution is 6.01. The van der Waals surface area contributed by atoms with Crippen molar-refractivity contribution in [1.82, 2.24) is 20.5 Å². The van der Waals surface area contributed by atoms with E-state index in [0.717, 1.165) is 5.69 Å². The Morgan fingerprint density at radius 1 is 1.06 bits per heavy atom. The summed E-state index contributed by atoms with van der Waals surface area (Å²) >= 11 is 0. The van der Waals surface area contributed by atoms with Crippen LogP contribution in [0.25, 0.3) is 22.5 Å². The van der Waals surface area contributed by atoms with E-state index in [2.05, 4.69) is 20.5 Å². The molecule has 4 rings (SSSR count). The second-order valence-corrected chi connectivity index (χ2v) is 7.54. The fraction of sp³-hybridized carbons (Fsp3) is 0.160. The lowest BCUT2D eigenvalue weighted by Gasteiger charge is -2.18. The van der Waals surface area contributed by atoms with Gasteiger partial charge in [-0.1, -0.05) is 12.1 Å². The van der Waals surface area contributed by atoms with Gasteiger partial charge >= 0.3 is 0 Å². The molecule has 4 aromatic rings. The summed E-state index contributed by atoms with van der Waals surface area (Å²) in [4.78, 5) is 17.4. The number of nitrogens with zero attached hydrogens (tertiary/aromatic N) is 2. The molecule has 33 heavy (non-hydrogen) atoms. The molecule has 1 atom stereocenters. The molecule has 2 aromatic heterocycles. The van der Waals surface area contributed by atoms with E-state index in [1.54, 1.807) is 30.5 Å². The summed E-state index contributed by atoms with van der Waals surface area (Å²) in [5, 5.41) is 19.3. The first-order chi connectivity index (χ1) is 16.0. The average Bonchev–Trinajstić information content (AvgIpc) is 3.30. The number of hydrogen-bond donors (Lipinski definition) is 3. The second kappa shape index (κ2) is 10.1. The summed E-state index contributed by atoms with van der Waals surface area (Å²) < 4.78 is 28.1. The van der Waals surface area contributed by atoms with Gasteiger partial charge in [-0.25, -0.2) is 8.78 Å². The molecule has 1 amide bonds. The predicted molar refractivity (Wildman–Crippen MR) is 120 cm³/mol. The van der Waals surface area contributed by atoms with Crippen LogP contribution in [0.2, 0.25) is 0 Å². The van der Waals surface area contributed by atoms with E-state index < -0.39 is 11.7 Å². The third-order valence-corrected chi connectivity index (χ3v) is 5.24. The van der Waals surface area contributed by atoms with Gasteiger partial charge in [0, 0.05) is 42.1 Å². The van der Waals surface area contributed by atoms with Crippen LogP contribution in [0.4, 0.5) is 8.78 Å². The smallest absolute Gasteiger partial charge is 0.252 e. The zero-order valence-electron chi connectivity index (χ0n) is 17.6. The molecule has 2 heterocycles. The van der Waals surface area contributed by atoms with Crippen LogP contribution in [-0.4, -0.2) is 38.8 Å². The van der Waals surface area contributed by atoms with Crippen molar-refractivity contribution in [2.45, 2.75) is 18.9 Å². The highest BCUT2D eigenvalue weighted by Crippen LogP contribution is 2.29. The lowest BCUT2D eigenvalue weighted by molar-refractivity contribution is 0.0930. The number of aliphatic hydroxyl groups excluding tert-OH is 1. The Kier molecular flexibility index (Phi) is 6.85. The Morgan fingerprint density at radius 3 is 2.61 bits per heavy atom. The van der Waals surface area contributed by atoms with E-state index in [1.165, 1.54) is 30.3 Å². The molecule has 0 radical (unpaired) electrons. The van der Waals surface area contributed by atoms with E-state index in [9.17, 15) is 18.7 Å². The molecule has 0 spiro atoms. The topological polar surface area (TPSA) is 90.9 Å². The van der Waals surface area contributed by atoms with Gasteiger partial charge < -0.3 is 10.4 Å². The van der Waals surface area contributed by atoms with Gasteiger partial charge in [0.25, 0.3) is 5.91 Å². The first kappa shape index (κ1) is 22.3. The van der Waals surface area contributed by atoms with Crippen LogP contribution in [0.15, 0.2) is 72.9 Å².